The topological polar surface area (TPSA) is 15.5 Å². The van der Waals surface area contributed by atoms with Gasteiger partial charge in [-0.3, -0.25) is 4.90 Å². The molecular weight excluding hydrogens is 200 g/mol. The number of nitrogens with zero attached hydrogens (tertiary/aromatic N) is 2. The zero-order valence-electron chi connectivity index (χ0n) is 10.6. The third kappa shape index (κ3) is 2.53. The third-order valence-electron chi connectivity index (χ3n) is 3.64. The number of hydrogen-bond acceptors (Lipinski definition) is 2. The highest BCUT2D eigenvalue weighted by molar-refractivity contribution is 5.91. The minimum absolute atomic E-state index is 0.604. The Kier molecular flexibility index (Phi) is 3.77. The fraction of sp³-hybridized carbons (Fsp3) is 0.769. The van der Waals surface area contributed by atoms with Gasteiger partial charge in [0, 0.05) is 31.6 Å². The molecule has 1 aliphatic carbocycles. The van der Waals surface area contributed by atoms with E-state index in [9.17, 15) is 0 Å². The number of allylic oxidation sites excluding steroid dienone is 1. The SMILES string of the molecule is C[C@H]1CC(=[N+](C)C)C=C[C@H]1N1CCOCC1. The average Bonchev–Trinajstić information content (AvgIpc) is 2.30. The van der Waals surface area contributed by atoms with Gasteiger partial charge in [0.1, 0.15) is 14.1 Å². The molecule has 1 fully saturated rings. The Morgan fingerprint density at radius 2 is 2.00 bits per heavy atom. The van der Waals surface area contributed by atoms with E-state index in [1.807, 2.05) is 0 Å². The quantitative estimate of drug-likeness (QED) is 0.616. The van der Waals surface area contributed by atoms with Gasteiger partial charge >= 0.3 is 0 Å². The van der Waals surface area contributed by atoms with Crippen molar-refractivity contribution in [3.63, 3.8) is 0 Å². The van der Waals surface area contributed by atoms with Gasteiger partial charge in [0.2, 0.25) is 0 Å². The molecule has 0 spiro atoms. The van der Waals surface area contributed by atoms with Crippen molar-refractivity contribution in [1.29, 1.82) is 0 Å². The highest BCUT2D eigenvalue weighted by Gasteiger charge is 2.29. The third-order valence-corrected chi connectivity index (χ3v) is 3.64. The molecule has 3 heteroatoms. The summed E-state index contributed by atoms with van der Waals surface area (Å²) in [6.45, 7) is 6.29. The molecule has 0 bridgehead atoms. The molecule has 2 aliphatic rings. The van der Waals surface area contributed by atoms with Crippen LogP contribution in [0.4, 0.5) is 0 Å². The van der Waals surface area contributed by atoms with Gasteiger partial charge in [-0.1, -0.05) is 13.0 Å². The molecule has 3 nitrogen and oxygen atoms in total. The van der Waals surface area contributed by atoms with Crippen LogP contribution in [0.1, 0.15) is 13.3 Å². The van der Waals surface area contributed by atoms with E-state index in [-0.39, 0.29) is 0 Å². The standard InChI is InChI=1S/C13H23N2O/c1-11-10-12(14(2)3)4-5-13(11)15-6-8-16-9-7-15/h4-5,11,13H,6-10H2,1-3H3/q+1/t11-,13+/m0/s1. The monoisotopic (exact) mass is 223 g/mol. The van der Waals surface area contributed by atoms with Crippen molar-refractivity contribution < 1.29 is 9.31 Å². The smallest absolute Gasteiger partial charge is 0.175 e. The minimum Gasteiger partial charge on any atom is -0.379 e. The summed E-state index contributed by atoms with van der Waals surface area (Å²) in [5.41, 5.74) is 1.44. The van der Waals surface area contributed by atoms with E-state index in [1.165, 1.54) is 12.1 Å². The van der Waals surface area contributed by atoms with Crippen LogP contribution in [0.15, 0.2) is 12.2 Å². The van der Waals surface area contributed by atoms with Crippen molar-refractivity contribution >= 4 is 5.71 Å². The first-order chi connectivity index (χ1) is 7.68. The molecule has 16 heavy (non-hydrogen) atoms. The fourth-order valence-corrected chi connectivity index (χ4v) is 2.61. The molecule has 90 valence electrons. The molecular formula is C13H23N2O+. The van der Waals surface area contributed by atoms with Gasteiger partial charge in [0.25, 0.3) is 0 Å². The highest BCUT2D eigenvalue weighted by atomic mass is 16.5. The first-order valence-corrected chi connectivity index (χ1v) is 6.21. The van der Waals surface area contributed by atoms with Crippen molar-refractivity contribution in [2.75, 3.05) is 40.4 Å². The Bertz CT molecular complexity index is 299. The number of morpholine rings is 1. The Hall–Kier alpha value is -0.670. The Balaban J connectivity index is 2.06. The van der Waals surface area contributed by atoms with Gasteiger partial charge in [0.15, 0.2) is 5.71 Å². The largest absolute Gasteiger partial charge is 0.379 e. The van der Waals surface area contributed by atoms with E-state index in [0.29, 0.717) is 12.0 Å². The summed E-state index contributed by atoms with van der Waals surface area (Å²) in [7, 11) is 4.25. The number of ether oxygens (including phenoxy) is 1. The van der Waals surface area contributed by atoms with Crippen LogP contribution in [0, 0.1) is 5.92 Å². The van der Waals surface area contributed by atoms with E-state index in [4.69, 9.17) is 4.74 Å². The van der Waals surface area contributed by atoms with E-state index >= 15 is 0 Å². The Morgan fingerprint density at radius 1 is 1.31 bits per heavy atom. The van der Waals surface area contributed by atoms with Crippen molar-refractivity contribution in [3.8, 4) is 0 Å². The number of rotatable bonds is 1. The molecule has 0 aromatic rings. The first-order valence-electron chi connectivity index (χ1n) is 6.21. The summed E-state index contributed by atoms with van der Waals surface area (Å²) in [6, 6.07) is 0.604. The van der Waals surface area contributed by atoms with E-state index in [1.54, 1.807) is 0 Å². The molecule has 1 saturated heterocycles. The lowest BCUT2D eigenvalue weighted by atomic mass is 9.88. The summed E-state index contributed by atoms with van der Waals surface area (Å²) >= 11 is 0. The molecule has 0 unspecified atom stereocenters. The maximum Gasteiger partial charge on any atom is 0.175 e. The Labute approximate surface area is 98.4 Å². The Morgan fingerprint density at radius 3 is 2.56 bits per heavy atom. The number of hydrogen-bond donors (Lipinski definition) is 0. The van der Waals surface area contributed by atoms with Crippen LogP contribution in [-0.4, -0.2) is 61.6 Å². The van der Waals surface area contributed by atoms with Crippen LogP contribution in [0.2, 0.25) is 0 Å². The molecule has 0 aromatic heterocycles. The van der Waals surface area contributed by atoms with Crippen LogP contribution in [0.25, 0.3) is 0 Å². The molecule has 1 heterocycles. The first kappa shape index (κ1) is 11.8. The second kappa shape index (κ2) is 5.11. The maximum atomic E-state index is 5.41. The van der Waals surface area contributed by atoms with Crippen LogP contribution in [0.3, 0.4) is 0 Å². The van der Waals surface area contributed by atoms with E-state index in [2.05, 4.69) is 42.6 Å². The normalized spacial score (nSPS) is 31.8. The lowest BCUT2D eigenvalue weighted by molar-refractivity contribution is -0.465. The summed E-state index contributed by atoms with van der Waals surface area (Å²) < 4.78 is 7.63. The van der Waals surface area contributed by atoms with Crippen molar-refractivity contribution in [3.05, 3.63) is 12.2 Å². The molecule has 0 N–H and O–H groups in total. The molecule has 0 amide bonds. The zero-order valence-corrected chi connectivity index (χ0v) is 10.6. The summed E-state index contributed by atoms with van der Waals surface area (Å²) in [4.78, 5) is 2.55. The molecule has 0 saturated carbocycles. The predicted octanol–water partition coefficient (Wildman–Crippen LogP) is 0.996. The maximum absolute atomic E-state index is 5.41. The van der Waals surface area contributed by atoms with Gasteiger partial charge in [-0.25, -0.2) is 4.58 Å². The minimum atomic E-state index is 0.604. The van der Waals surface area contributed by atoms with E-state index in [0.717, 1.165) is 26.3 Å². The van der Waals surface area contributed by atoms with Gasteiger partial charge in [-0.15, -0.1) is 0 Å². The lowest BCUT2D eigenvalue weighted by Gasteiger charge is -2.37. The van der Waals surface area contributed by atoms with Crippen molar-refractivity contribution in [2.45, 2.75) is 19.4 Å². The zero-order chi connectivity index (χ0) is 11.5. The van der Waals surface area contributed by atoms with Gasteiger partial charge in [0.05, 0.1) is 13.2 Å². The summed E-state index contributed by atoms with van der Waals surface area (Å²) in [5.74, 6) is 0.709. The fourth-order valence-electron chi connectivity index (χ4n) is 2.61. The van der Waals surface area contributed by atoms with Gasteiger partial charge < -0.3 is 4.74 Å². The van der Waals surface area contributed by atoms with Gasteiger partial charge in [-0.2, -0.15) is 0 Å². The average molecular weight is 223 g/mol. The van der Waals surface area contributed by atoms with Gasteiger partial charge in [-0.05, 0) is 5.92 Å². The van der Waals surface area contributed by atoms with Crippen LogP contribution in [0.5, 0.6) is 0 Å². The molecule has 2 atom stereocenters. The van der Waals surface area contributed by atoms with Crippen molar-refractivity contribution in [2.24, 2.45) is 5.92 Å². The summed E-state index contributed by atoms with van der Waals surface area (Å²) in [6.07, 6.45) is 5.85. The molecule has 0 aromatic carbocycles. The molecule has 1 aliphatic heterocycles. The summed E-state index contributed by atoms with van der Waals surface area (Å²) in [5, 5.41) is 0. The van der Waals surface area contributed by atoms with Crippen LogP contribution < -0.4 is 0 Å². The highest BCUT2D eigenvalue weighted by Crippen LogP contribution is 2.22. The molecule has 0 radical (unpaired) electrons. The van der Waals surface area contributed by atoms with Crippen LogP contribution in [-0.2, 0) is 4.74 Å². The van der Waals surface area contributed by atoms with Crippen molar-refractivity contribution in [1.82, 2.24) is 4.90 Å². The second-order valence-electron chi connectivity index (χ2n) is 5.07. The second-order valence-corrected chi connectivity index (χ2v) is 5.07. The van der Waals surface area contributed by atoms with E-state index < -0.39 is 0 Å². The molecule has 2 rings (SSSR count). The lowest BCUT2D eigenvalue weighted by Crippen LogP contribution is -2.47. The van der Waals surface area contributed by atoms with Crippen LogP contribution >= 0.6 is 0 Å². The predicted molar refractivity (Wildman–Crippen MR) is 66.2 cm³/mol.